The largest absolute Gasteiger partial charge is 0.506 e. The quantitative estimate of drug-likeness (QED) is 0.412. The van der Waals surface area contributed by atoms with Gasteiger partial charge in [-0.25, -0.2) is 0 Å². The van der Waals surface area contributed by atoms with Crippen molar-refractivity contribution in [2.45, 2.75) is 51.2 Å². The topological polar surface area (TPSA) is 82.3 Å². The van der Waals surface area contributed by atoms with E-state index in [1.54, 1.807) is 18.2 Å². The average Bonchev–Trinajstić information content (AvgIpc) is 2.71. The van der Waals surface area contributed by atoms with Crippen LogP contribution in [0.1, 0.15) is 54.6 Å². The minimum absolute atomic E-state index is 0.0569. The van der Waals surface area contributed by atoms with Crippen LogP contribution in [-0.2, 0) is 4.43 Å². The summed E-state index contributed by atoms with van der Waals surface area (Å²) >= 11 is 12.3. The third-order valence-corrected chi connectivity index (χ3v) is 11.3. The molecule has 0 heterocycles. The highest BCUT2D eigenvalue weighted by molar-refractivity contribution is 6.74. The number of phenolic OH excluding ortho intramolecular Hbond substituents is 1. The van der Waals surface area contributed by atoms with E-state index in [2.05, 4.69) is 39.2 Å². The van der Waals surface area contributed by atoms with Gasteiger partial charge in [-0.15, -0.1) is 0 Å². The molecule has 8 heteroatoms. The first kappa shape index (κ1) is 26.2. The van der Waals surface area contributed by atoms with Gasteiger partial charge in [-0.1, -0.05) is 56.1 Å². The number of nitriles is 1. The Labute approximate surface area is 201 Å². The molecule has 2 aromatic rings. The van der Waals surface area contributed by atoms with Crippen LogP contribution >= 0.6 is 23.2 Å². The summed E-state index contributed by atoms with van der Waals surface area (Å²) in [6.45, 7) is 11.8. The molecule has 0 bridgehead atoms. The number of carbonyl (C=O) groups is 1. The van der Waals surface area contributed by atoms with Gasteiger partial charge in [0.15, 0.2) is 8.32 Å². The fraction of sp³-hybridized carbons (Fsp3) is 0.417. The summed E-state index contributed by atoms with van der Waals surface area (Å²) in [5.74, 6) is -0.838. The van der Waals surface area contributed by atoms with Crippen LogP contribution in [0.3, 0.4) is 0 Å². The smallest absolute Gasteiger partial charge is 0.255 e. The molecule has 0 aliphatic rings. The molecule has 2 aromatic carbocycles. The maximum Gasteiger partial charge on any atom is 0.255 e. The van der Waals surface area contributed by atoms with Crippen molar-refractivity contribution in [2.24, 2.45) is 0 Å². The Morgan fingerprint density at radius 2 is 1.91 bits per heavy atom. The highest BCUT2D eigenvalue weighted by Crippen LogP contribution is 2.37. The number of benzene rings is 2. The molecule has 0 unspecified atom stereocenters. The van der Waals surface area contributed by atoms with Gasteiger partial charge in [-0.05, 0) is 54.4 Å². The molecule has 0 saturated heterocycles. The van der Waals surface area contributed by atoms with Crippen molar-refractivity contribution < 1.29 is 14.3 Å². The van der Waals surface area contributed by atoms with Crippen LogP contribution in [-0.4, -0.2) is 32.5 Å². The summed E-state index contributed by atoms with van der Waals surface area (Å²) in [5.41, 5.74) is 1.06. The van der Waals surface area contributed by atoms with Crippen LogP contribution in [0.2, 0.25) is 28.2 Å². The standard InChI is InChI=1S/C24H30Cl2N2O3Si/c1-24(2,3)32(4,5)31-12-11-18(16-9-10-20(25)21(26)13-16)15-28-23(30)19-8-6-7-17(14-27)22(19)29/h6-10,13,18,29H,11-12,15H2,1-5H3,(H,28,30)/t18-/m1/s1. The molecule has 0 aliphatic heterocycles. The lowest BCUT2D eigenvalue weighted by Crippen LogP contribution is -2.41. The number of hydrogen-bond donors (Lipinski definition) is 2. The molecular weight excluding hydrogens is 463 g/mol. The monoisotopic (exact) mass is 492 g/mol. The van der Waals surface area contributed by atoms with Crippen molar-refractivity contribution in [3.05, 3.63) is 63.1 Å². The summed E-state index contributed by atoms with van der Waals surface area (Å²) in [6, 6.07) is 11.8. The van der Waals surface area contributed by atoms with E-state index in [0.717, 1.165) is 5.56 Å². The molecule has 0 saturated carbocycles. The molecule has 0 radical (unpaired) electrons. The zero-order valence-electron chi connectivity index (χ0n) is 19.1. The molecule has 2 rings (SSSR count). The zero-order valence-corrected chi connectivity index (χ0v) is 21.6. The van der Waals surface area contributed by atoms with Crippen molar-refractivity contribution in [2.75, 3.05) is 13.2 Å². The van der Waals surface area contributed by atoms with E-state index in [1.807, 2.05) is 12.1 Å². The number of halogens is 2. The molecular formula is C24H30Cl2N2O3Si. The van der Waals surface area contributed by atoms with Crippen LogP contribution in [0.4, 0.5) is 0 Å². The first-order valence-corrected chi connectivity index (χ1v) is 14.1. The van der Waals surface area contributed by atoms with Crippen LogP contribution in [0.25, 0.3) is 0 Å². The Kier molecular flexibility index (Phi) is 8.78. The van der Waals surface area contributed by atoms with Crippen LogP contribution in [0.5, 0.6) is 5.75 Å². The number of rotatable bonds is 8. The first-order valence-electron chi connectivity index (χ1n) is 10.5. The van der Waals surface area contributed by atoms with Crippen LogP contribution < -0.4 is 5.32 Å². The Hall–Kier alpha value is -2.04. The molecule has 32 heavy (non-hydrogen) atoms. The second kappa shape index (κ2) is 10.7. The van der Waals surface area contributed by atoms with Crippen molar-refractivity contribution in [3.63, 3.8) is 0 Å². The van der Waals surface area contributed by atoms with Crippen molar-refractivity contribution in [3.8, 4) is 11.8 Å². The van der Waals surface area contributed by atoms with Crippen LogP contribution in [0.15, 0.2) is 36.4 Å². The number of nitrogens with zero attached hydrogens (tertiary/aromatic N) is 1. The fourth-order valence-electron chi connectivity index (χ4n) is 2.95. The minimum atomic E-state index is -1.91. The average molecular weight is 494 g/mol. The van der Waals surface area contributed by atoms with Gasteiger partial charge >= 0.3 is 0 Å². The second-order valence-corrected chi connectivity index (χ2v) is 14.9. The number of para-hydroxylation sites is 1. The van der Waals surface area contributed by atoms with Gasteiger partial charge < -0.3 is 14.8 Å². The molecule has 0 spiro atoms. The predicted octanol–water partition coefficient (Wildman–Crippen LogP) is 6.50. The maximum absolute atomic E-state index is 12.7. The third kappa shape index (κ3) is 6.49. The second-order valence-electron chi connectivity index (χ2n) is 9.29. The Bertz CT molecular complexity index is 1010. The Morgan fingerprint density at radius 1 is 1.22 bits per heavy atom. The number of carbonyl (C=O) groups excluding carboxylic acids is 1. The SMILES string of the molecule is CC(C)(C)[Si](C)(C)OCC[C@H](CNC(=O)c1cccc(C#N)c1O)c1ccc(Cl)c(Cl)c1. The van der Waals surface area contributed by atoms with E-state index in [4.69, 9.17) is 32.9 Å². The lowest BCUT2D eigenvalue weighted by Gasteiger charge is -2.36. The van der Waals surface area contributed by atoms with E-state index in [1.165, 1.54) is 12.1 Å². The van der Waals surface area contributed by atoms with Gasteiger partial charge in [0.05, 0.1) is 21.2 Å². The molecule has 0 aromatic heterocycles. The van der Waals surface area contributed by atoms with Crippen molar-refractivity contribution in [1.82, 2.24) is 5.32 Å². The van der Waals surface area contributed by atoms with Gasteiger partial charge in [0.1, 0.15) is 11.8 Å². The summed E-state index contributed by atoms with van der Waals surface area (Å²) < 4.78 is 6.33. The van der Waals surface area contributed by atoms with Gasteiger partial charge in [0.25, 0.3) is 5.91 Å². The number of phenols is 1. The normalized spacial score (nSPS) is 12.8. The molecule has 1 amide bonds. The molecule has 2 N–H and O–H groups in total. The number of amides is 1. The maximum atomic E-state index is 12.7. The fourth-order valence-corrected chi connectivity index (χ4v) is 4.32. The number of nitrogens with one attached hydrogen (secondary N) is 1. The highest BCUT2D eigenvalue weighted by Gasteiger charge is 2.37. The number of hydrogen-bond acceptors (Lipinski definition) is 4. The van der Waals surface area contributed by atoms with E-state index in [9.17, 15) is 9.90 Å². The summed E-state index contributed by atoms with van der Waals surface area (Å²) in [5, 5.41) is 23.2. The zero-order chi connectivity index (χ0) is 24.1. The summed E-state index contributed by atoms with van der Waals surface area (Å²) in [6.07, 6.45) is 0.676. The van der Waals surface area contributed by atoms with Gasteiger partial charge in [0, 0.05) is 19.1 Å². The van der Waals surface area contributed by atoms with Gasteiger partial charge in [0.2, 0.25) is 0 Å². The van der Waals surface area contributed by atoms with E-state index < -0.39 is 14.2 Å². The third-order valence-electron chi connectivity index (χ3n) is 6.06. The molecule has 172 valence electrons. The van der Waals surface area contributed by atoms with Crippen molar-refractivity contribution in [1.29, 1.82) is 5.26 Å². The molecule has 5 nitrogen and oxygen atoms in total. The number of aromatic hydroxyl groups is 1. The Morgan fingerprint density at radius 3 is 2.50 bits per heavy atom. The van der Waals surface area contributed by atoms with E-state index in [-0.39, 0.29) is 27.8 Å². The van der Waals surface area contributed by atoms with E-state index >= 15 is 0 Å². The Balaban J connectivity index is 2.17. The van der Waals surface area contributed by atoms with E-state index in [0.29, 0.717) is 29.6 Å². The molecule has 1 atom stereocenters. The highest BCUT2D eigenvalue weighted by atomic mass is 35.5. The van der Waals surface area contributed by atoms with Crippen molar-refractivity contribution >= 4 is 37.4 Å². The van der Waals surface area contributed by atoms with Gasteiger partial charge in [-0.2, -0.15) is 5.26 Å². The van der Waals surface area contributed by atoms with Crippen LogP contribution in [0, 0.1) is 11.3 Å². The minimum Gasteiger partial charge on any atom is -0.506 e. The summed E-state index contributed by atoms with van der Waals surface area (Å²) in [4.78, 5) is 12.7. The molecule has 0 aliphatic carbocycles. The predicted molar refractivity (Wildman–Crippen MR) is 132 cm³/mol. The summed E-state index contributed by atoms with van der Waals surface area (Å²) in [7, 11) is -1.91. The lowest BCUT2D eigenvalue weighted by atomic mass is 9.95. The first-order chi connectivity index (χ1) is 14.9. The van der Waals surface area contributed by atoms with Gasteiger partial charge in [-0.3, -0.25) is 4.79 Å². The molecule has 0 fully saturated rings. The lowest BCUT2D eigenvalue weighted by molar-refractivity contribution is 0.0946.